The molecule has 14 heavy (non-hydrogen) atoms. The maximum absolute atomic E-state index is 11.3. The summed E-state index contributed by atoms with van der Waals surface area (Å²) >= 11 is 0. The zero-order valence-electron chi connectivity index (χ0n) is 9.47. The van der Waals surface area contributed by atoms with Crippen molar-refractivity contribution in [1.29, 1.82) is 0 Å². The van der Waals surface area contributed by atoms with Crippen LogP contribution in [0.25, 0.3) is 0 Å². The lowest BCUT2D eigenvalue weighted by Gasteiger charge is -2.19. The van der Waals surface area contributed by atoms with E-state index in [0.717, 1.165) is 19.3 Å². The fraction of sp³-hybridized carbons (Fsp3) is 0.909. The number of amides is 1. The predicted octanol–water partition coefficient (Wildman–Crippen LogP) is 1.29. The standard InChI is InChI=1S/C11H22N2O/c1-4-8(2)9(3)12-7-11(14)13-10-5-6-10/h8-10,12H,4-7H2,1-3H3,(H,13,14). The van der Waals surface area contributed by atoms with Gasteiger partial charge in [0, 0.05) is 12.1 Å². The van der Waals surface area contributed by atoms with Gasteiger partial charge in [-0.1, -0.05) is 20.3 Å². The van der Waals surface area contributed by atoms with Crippen molar-refractivity contribution in [2.75, 3.05) is 6.54 Å². The molecular weight excluding hydrogens is 176 g/mol. The first-order valence-electron chi connectivity index (χ1n) is 5.66. The first kappa shape index (κ1) is 11.5. The molecule has 2 atom stereocenters. The highest BCUT2D eigenvalue weighted by Gasteiger charge is 2.23. The van der Waals surface area contributed by atoms with Crippen LogP contribution in [0.15, 0.2) is 0 Å². The molecule has 0 aromatic carbocycles. The molecule has 0 heterocycles. The van der Waals surface area contributed by atoms with E-state index in [2.05, 4.69) is 31.4 Å². The van der Waals surface area contributed by atoms with Crippen LogP contribution in [0.4, 0.5) is 0 Å². The monoisotopic (exact) mass is 198 g/mol. The van der Waals surface area contributed by atoms with Crippen molar-refractivity contribution in [2.45, 2.75) is 52.1 Å². The molecule has 1 aliphatic rings. The molecule has 0 aliphatic heterocycles. The molecule has 1 saturated carbocycles. The summed E-state index contributed by atoms with van der Waals surface area (Å²) in [5, 5.41) is 6.22. The van der Waals surface area contributed by atoms with Crippen LogP contribution in [0.5, 0.6) is 0 Å². The fourth-order valence-electron chi connectivity index (χ4n) is 1.31. The van der Waals surface area contributed by atoms with Crippen molar-refractivity contribution in [1.82, 2.24) is 10.6 Å². The van der Waals surface area contributed by atoms with Crippen LogP contribution in [-0.2, 0) is 4.79 Å². The van der Waals surface area contributed by atoms with Crippen molar-refractivity contribution in [2.24, 2.45) is 5.92 Å². The molecule has 82 valence electrons. The summed E-state index contributed by atoms with van der Waals surface area (Å²) in [6.45, 7) is 6.98. The van der Waals surface area contributed by atoms with Gasteiger partial charge in [0.25, 0.3) is 0 Å². The minimum Gasteiger partial charge on any atom is -0.352 e. The number of hydrogen-bond donors (Lipinski definition) is 2. The van der Waals surface area contributed by atoms with E-state index in [0.29, 0.717) is 24.5 Å². The van der Waals surface area contributed by atoms with Crippen LogP contribution >= 0.6 is 0 Å². The van der Waals surface area contributed by atoms with Gasteiger partial charge in [-0.3, -0.25) is 4.79 Å². The highest BCUT2D eigenvalue weighted by Crippen LogP contribution is 2.18. The Hall–Kier alpha value is -0.570. The lowest BCUT2D eigenvalue weighted by molar-refractivity contribution is -0.120. The minimum atomic E-state index is 0.141. The summed E-state index contributed by atoms with van der Waals surface area (Å²) in [6.07, 6.45) is 3.47. The van der Waals surface area contributed by atoms with Gasteiger partial charge in [0.2, 0.25) is 5.91 Å². The highest BCUT2D eigenvalue weighted by molar-refractivity contribution is 5.78. The summed E-state index contributed by atoms with van der Waals surface area (Å²) in [7, 11) is 0. The van der Waals surface area contributed by atoms with Gasteiger partial charge in [0.05, 0.1) is 6.54 Å². The Kier molecular flexibility index (Phi) is 4.39. The Labute approximate surface area is 86.6 Å². The Morgan fingerprint density at radius 1 is 1.43 bits per heavy atom. The second-order valence-electron chi connectivity index (χ2n) is 4.40. The molecule has 0 aromatic heterocycles. The smallest absolute Gasteiger partial charge is 0.234 e. The molecular formula is C11H22N2O. The zero-order valence-corrected chi connectivity index (χ0v) is 9.47. The molecule has 3 nitrogen and oxygen atoms in total. The molecule has 1 rings (SSSR count). The van der Waals surface area contributed by atoms with E-state index in [1.165, 1.54) is 0 Å². The Balaban J connectivity index is 2.08. The van der Waals surface area contributed by atoms with Crippen LogP contribution in [0, 0.1) is 5.92 Å². The molecule has 0 aromatic rings. The van der Waals surface area contributed by atoms with E-state index >= 15 is 0 Å². The molecule has 0 radical (unpaired) electrons. The molecule has 3 heteroatoms. The van der Waals surface area contributed by atoms with E-state index in [9.17, 15) is 4.79 Å². The van der Waals surface area contributed by atoms with Gasteiger partial charge in [-0.05, 0) is 25.7 Å². The molecule has 0 saturated heterocycles. The molecule has 1 fully saturated rings. The normalized spacial score (nSPS) is 20.2. The fourth-order valence-corrected chi connectivity index (χ4v) is 1.31. The van der Waals surface area contributed by atoms with Gasteiger partial charge < -0.3 is 10.6 Å². The first-order chi connectivity index (χ1) is 6.63. The summed E-state index contributed by atoms with van der Waals surface area (Å²) in [5.41, 5.74) is 0. The van der Waals surface area contributed by atoms with Crippen LogP contribution in [0.2, 0.25) is 0 Å². The molecule has 0 bridgehead atoms. The van der Waals surface area contributed by atoms with E-state index in [4.69, 9.17) is 0 Å². The summed E-state index contributed by atoms with van der Waals surface area (Å²) in [4.78, 5) is 11.3. The van der Waals surface area contributed by atoms with Gasteiger partial charge in [0.15, 0.2) is 0 Å². The Morgan fingerprint density at radius 3 is 2.57 bits per heavy atom. The second-order valence-corrected chi connectivity index (χ2v) is 4.40. The van der Waals surface area contributed by atoms with Crippen molar-refractivity contribution >= 4 is 5.91 Å². The highest BCUT2D eigenvalue weighted by atomic mass is 16.2. The maximum atomic E-state index is 11.3. The van der Waals surface area contributed by atoms with Crippen molar-refractivity contribution in [3.63, 3.8) is 0 Å². The number of carbonyl (C=O) groups excluding carboxylic acids is 1. The lowest BCUT2D eigenvalue weighted by Crippen LogP contribution is -2.41. The van der Waals surface area contributed by atoms with Gasteiger partial charge in [-0.25, -0.2) is 0 Å². The van der Waals surface area contributed by atoms with E-state index in [1.807, 2.05) is 0 Å². The van der Waals surface area contributed by atoms with E-state index in [-0.39, 0.29) is 5.91 Å². The zero-order chi connectivity index (χ0) is 10.6. The summed E-state index contributed by atoms with van der Waals surface area (Å²) in [5.74, 6) is 0.770. The van der Waals surface area contributed by atoms with E-state index in [1.54, 1.807) is 0 Å². The predicted molar refractivity (Wildman–Crippen MR) is 58.1 cm³/mol. The SMILES string of the molecule is CCC(C)C(C)NCC(=O)NC1CC1. The molecule has 0 spiro atoms. The average Bonchev–Trinajstić information content (AvgIpc) is 2.96. The Morgan fingerprint density at radius 2 is 2.07 bits per heavy atom. The number of hydrogen-bond acceptors (Lipinski definition) is 2. The largest absolute Gasteiger partial charge is 0.352 e. The van der Waals surface area contributed by atoms with Crippen LogP contribution < -0.4 is 10.6 Å². The van der Waals surface area contributed by atoms with Crippen molar-refractivity contribution in [3.8, 4) is 0 Å². The van der Waals surface area contributed by atoms with Gasteiger partial charge in [-0.15, -0.1) is 0 Å². The molecule has 2 unspecified atom stereocenters. The number of rotatable bonds is 6. The topological polar surface area (TPSA) is 41.1 Å². The molecule has 1 aliphatic carbocycles. The molecule has 1 amide bonds. The molecule has 2 N–H and O–H groups in total. The van der Waals surface area contributed by atoms with E-state index < -0.39 is 0 Å². The van der Waals surface area contributed by atoms with Crippen molar-refractivity contribution < 1.29 is 4.79 Å². The average molecular weight is 198 g/mol. The lowest BCUT2D eigenvalue weighted by atomic mass is 10.0. The minimum absolute atomic E-state index is 0.141. The third-order valence-corrected chi connectivity index (χ3v) is 3.02. The van der Waals surface area contributed by atoms with Crippen molar-refractivity contribution in [3.05, 3.63) is 0 Å². The van der Waals surface area contributed by atoms with Crippen LogP contribution in [0.1, 0.15) is 40.0 Å². The van der Waals surface area contributed by atoms with Crippen LogP contribution in [-0.4, -0.2) is 24.5 Å². The number of nitrogens with one attached hydrogen (secondary N) is 2. The van der Waals surface area contributed by atoms with Gasteiger partial charge >= 0.3 is 0 Å². The Bertz CT molecular complexity index is 190. The first-order valence-corrected chi connectivity index (χ1v) is 5.66. The van der Waals surface area contributed by atoms with Crippen LogP contribution in [0.3, 0.4) is 0 Å². The summed E-state index contributed by atoms with van der Waals surface area (Å²) in [6, 6.07) is 0.896. The maximum Gasteiger partial charge on any atom is 0.234 e. The van der Waals surface area contributed by atoms with Gasteiger partial charge in [-0.2, -0.15) is 0 Å². The third kappa shape index (κ3) is 4.09. The second kappa shape index (κ2) is 5.35. The summed E-state index contributed by atoms with van der Waals surface area (Å²) < 4.78 is 0. The quantitative estimate of drug-likeness (QED) is 0.675. The third-order valence-electron chi connectivity index (χ3n) is 3.02. The van der Waals surface area contributed by atoms with Gasteiger partial charge in [0.1, 0.15) is 0 Å². The number of carbonyl (C=O) groups is 1.